The summed E-state index contributed by atoms with van der Waals surface area (Å²) in [5, 5.41) is 40.9. The molecule has 0 saturated carbocycles. The summed E-state index contributed by atoms with van der Waals surface area (Å²) >= 11 is 0. The lowest BCUT2D eigenvalue weighted by atomic mass is 9.90. The molecule has 0 aliphatic carbocycles. The minimum atomic E-state index is -1.81. The van der Waals surface area contributed by atoms with Gasteiger partial charge in [0, 0.05) is 18.8 Å². The topological polar surface area (TPSA) is 169 Å². The number of hydrazine groups is 1. The highest BCUT2D eigenvalue weighted by molar-refractivity contribution is 5.30. The van der Waals surface area contributed by atoms with Crippen molar-refractivity contribution in [1.82, 2.24) is 10.5 Å². The molecule has 1 atom stereocenters. The van der Waals surface area contributed by atoms with E-state index in [4.69, 9.17) is 0 Å². The molecule has 112 valence electrons. The van der Waals surface area contributed by atoms with E-state index in [0.29, 0.717) is 6.08 Å². The Kier molecular flexibility index (Phi) is 3.04. The van der Waals surface area contributed by atoms with E-state index in [0.717, 1.165) is 5.01 Å². The van der Waals surface area contributed by atoms with Crippen LogP contribution in [0.3, 0.4) is 0 Å². The molecule has 0 aromatic rings. The molecule has 2 aliphatic heterocycles. The summed E-state index contributed by atoms with van der Waals surface area (Å²) in [6.45, 7) is 2.34. The molecule has 2 aliphatic rings. The van der Waals surface area contributed by atoms with Crippen LogP contribution < -0.4 is 5.53 Å². The molecule has 0 aromatic heterocycles. The number of fused-ring (bicyclic) bond motifs is 1. The highest BCUT2D eigenvalue weighted by atomic mass is 16.6. The predicted molar refractivity (Wildman–Crippen MR) is 63.8 cm³/mol. The average molecular weight is 299 g/mol. The summed E-state index contributed by atoms with van der Waals surface area (Å²) in [5.74, 6) is -0.314. The molecule has 1 unspecified atom stereocenters. The van der Waals surface area contributed by atoms with E-state index < -0.39 is 37.7 Å². The van der Waals surface area contributed by atoms with Gasteiger partial charge in [0.15, 0.2) is 0 Å². The van der Waals surface area contributed by atoms with Crippen molar-refractivity contribution in [3.8, 4) is 0 Å². The molecule has 13 nitrogen and oxygen atoms in total. The van der Waals surface area contributed by atoms with E-state index in [2.05, 4.69) is 15.9 Å². The molecule has 2 rings (SSSR count). The Labute approximate surface area is 116 Å². The van der Waals surface area contributed by atoms with E-state index in [1.165, 1.54) is 13.8 Å². The lowest BCUT2D eigenvalue weighted by Crippen LogP contribution is -2.58. The van der Waals surface area contributed by atoms with Crippen molar-refractivity contribution in [2.75, 3.05) is 0 Å². The first-order valence-corrected chi connectivity index (χ1v) is 5.52. The largest absolute Gasteiger partial charge is 0.321 e. The second-order valence-electron chi connectivity index (χ2n) is 4.78. The molecule has 0 saturated heterocycles. The molecule has 1 N–H and O–H groups in total. The summed E-state index contributed by atoms with van der Waals surface area (Å²) in [5.41, 5.74) is -0.941. The van der Waals surface area contributed by atoms with Gasteiger partial charge in [-0.1, -0.05) is 5.22 Å². The maximum absolute atomic E-state index is 11.2. The normalized spacial score (nSPS) is 20.8. The zero-order chi connectivity index (χ0) is 15.9. The molecule has 2 heterocycles. The molecule has 0 fully saturated rings. The molecular formula is C8H9N7O6. The van der Waals surface area contributed by atoms with Crippen LogP contribution in [-0.4, -0.2) is 31.4 Å². The van der Waals surface area contributed by atoms with E-state index in [-0.39, 0.29) is 5.82 Å². The van der Waals surface area contributed by atoms with Gasteiger partial charge in [-0.05, 0) is 0 Å². The van der Waals surface area contributed by atoms with Gasteiger partial charge in [0.25, 0.3) is 11.5 Å². The second-order valence-corrected chi connectivity index (χ2v) is 4.78. The van der Waals surface area contributed by atoms with Gasteiger partial charge < -0.3 is 0 Å². The second kappa shape index (κ2) is 4.46. The first kappa shape index (κ1) is 14.3. The van der Waals surface area contributed by atoms with Crippen molar-refractivity contribution in [3.63, 3.8) is 0 Å². The number of nitro groups is 3. The monoisotopic (exact) mass is 299 g/mol. The smallest absolute Gasteiger partial charge is 0.264 e. The number of allylic oxidation sites excluding steroid dienone is 1. The van der Waals surface area contributed by atoms with Gasteiger partial charge in [0.1, 0.15) is 0 Å². The van der Waals surface area contributed by atoms with Crippen molar-refractivity contribution in [2.45, 2.75) is 25.4 Å². The summed E-state index contributed by atoms with van der Waals surface area (Å²) < 4.78 is 0. The molecule has 0 aromatic carbocycles. The summed E-state index contributed by atoms with van der Waals surface area (Å²) in [6, 6.07) is -1.42. The van der Waals surface area contributed by atoms with Crippen LogP contribution >= 0.6 is 0 Å². The molecule has 0 radical (unpaired) electrons. The fraction of sp³-hybridized carbons (Fsp3) is 0.500. The van der Waals surface area contributed by atoms with Gasteiger partial charge in [0.05, 0.1) is 15.9 Å². The van der Waals surface area contributed by atoms with Crippen LogP contribution in [0.5, 0.6) is 0 Å². The molecular weight excluding hydrogens is 290 g/mol. The highest BCUT2D eigenvalue weighted by Crippen LogP contribution is 2.35. The molecule has 0 bridgehead atoms. The van der Waals surface area contributed by atoms with Crippen LogP contribution in [0, 0.1) is 30.3 Å². The fourth-order valence-corrected chi connectivity index (χ4v) is 2.05. The van der Waals surface area contributed by atoms with Gasteiger partial charge in [-0.3, -0.25) is 30.3 Å². The number of rotatable bonds is 4. The quantitative estimate of drug-likeness (QED) is 0.567. The van der Waals surface area contributed by atoms with Gasteiger partial charge in [-0.25, -0.2) is 5.01 Å². The van der Waals surface area contributed by atoms with Crippen molar-refractivity contribution in [2.24, 2.45) is 10.3 Å². The van der Waals surface area contributed by atoms with Crippen LogP contribution in [0.2, 0.25) is 0 Å². The SMILES string of the molecule is CC(C)(C1C([N+](=O)[O-])=CC([N+](=O)[O-])=C2N=NNN21)[N+](=O)[O-]. The Morgan fingerprint density at radius 3 is 2.33 bits per heavy atom. The Morgan fingerprint density at radius 2 is 1.86 bits per heavy atom. The van der Waals surface area contributed by atoms with Crippen LogP contribution in [0.1, 0.15) is 13.8 Å². The van der Waals surface area contributed by atoms with Gasteiger partial charge >= 0.3 is 5.70 Å². The maximum Gasteiger partial charge on any atom is 0.321 e. The Hall–Kier alpha value is -3.12. The first-order valence-electron chi connectivity index (χ1n) is 5.52. The highest BCUT2D eigenvalue weighted by Gasteiger charge is 2.57. The van der Waals surface area contributed by atoms with E-state index in [9.17, 15) is 30.3 Å². The van der Waals surface area contributed by atoms with Crippen LogP contribution in [-0.2, 0) is 0 Å². The molecule has 13 heteroatoms. The Bertz CT molecular complexity index is 635. The van der Waals surface area contributed by atoms with Gasteiger partial charge in [0.2, 0.25) is 11.6 Å². The fourth-order valence-electron chi connectivity index (χ4n) is 2.05. The first-order chi connectivity index (χ1) is 9.67. The lowest BCUT2D eigenvalue weighted by molar-refractivity contribution is -0.575. The van der Waals surface area contributed by atoms with E-state index in [1.54, 1.807) is 0 Å². The van der Waals surface area contributed by atoms with Crippen molar-refractivity contribution in [1.29, 1.82) is 0 Å². The van der Waals surface area contributed by atoms with Crippen molar-refractivity contribution in [3.05, 3.63) is 53.6 Å². The number of nitrogens with zero attached hydrogens (tertiary/aromatic N) is 6. The number of hydrogen-bond donors (Lipinski definition) is 1. The van der Waals surface area contributed by atoms with Gasteiger partial charge in [-0.2, -0.15) is 5.53 Å². The van der Waals surface area contributed by atoms with Crippen molar-refractivity contribution >= 4 is 0 Å². The Morgan fingerprint density at radius 1 is 1.24 bits per heavy atom. The maximum atomic E-state index is 11.2. The van der Waals surface area contributed by atoms with Gasteiger partial charge in [-0.15, -0.1) is 5.11 Å². The van der Waals surface area contributed by atoms with E-state index in [1.807, 2.05) is 0 Å². The molecule has 21 heavy (non-hydrogen) atoms. The number of nitrogens with one attached hydrogen (secondary N) is 1. The third kappa shape index (κ3) is 2.03. The minimum absolute atomic E-state index is 0.314. The standard InChI is InChI=1S/C8H9N7O6/c1-8(2,15(20)21)6-4(13(16)17)3-5(14(18)19)7-9-10-11-12(6)7/h3,6H,1-2H3,(H,9,11). The minimum Gasteiger partial charge on any atom is -0.264 e. The summed E-state index contributed by atoms with van der Waals surface area (Å²) in [4.78, 5) is 30.8. The zero-order valence-electron chi connectivity index (χ0n) is 10.8. The van der Waals surface area contributed by atoms with Crippen LogP contribution in [0.4, 0.5) is 0 Å². The Balaban J connectivity index is 2.64. The summed E-state index contributed by atoms with van der Waals surface area (Å²) in [6.07, 6.45) is 0.674. The zero-order valence-corrected chi connectivity index (χ0v) is 10.8. The number of hydrogen-bond acceptors (Lipinski definition) is 10. The third-order valence-corrected chi connectivity index (χ3v) is 3.12. The summed E-state index contributed by atoms with van der Waals surface area (Å²) in [7, 11) is 0. The molecule has 0 amide bonds. The predicted octanol–water partition coefficient (Wildman–Crippen LogP) is 0.218. The molecule has 0 spiro atoms. The van der Waals surface area contributed by atoms with Crippen LogP contribution in [0.25, 0.3) is 0 Å². The average Bonchev–Trinajstić information content (AvgIpc) is 2.84. The van der Waals surface area contributed by atoms with Crippen molar-refractivity contribution < 1.29 is 14.8 Å². The van der Waals surface area contributed by atoms with E-state index >= 15 is 0 Å². The van der Waals surface area contributed by atoms with Crippen LogP contribution in [0.15, 0.2) is 33.6 Å². The third-order valence-electron chi connectivity index (χ3n) is 3.12. The lowest BCUT2D eigenvalue weighted by Gasteiger charge is -2.32.